The number of halogens is 1. The third-order valence-electron chi connectivity index (χ3n) is 0.959. The number of ether oxygens (including phenoxy) is 1. The van der Waals surface area contributed by atoms with E-state index in [0.29, 0.717) is 0 Å². The summed E-state index contributed by atoms with van der Waals surface area (Å²) >= 11 is 3.09. The highest BCUT2D eigenvalue weighted by Crippen LogP contribution is 2.02. The molecule has 0 fully saturated rings. The number of hydrogen-bond donors (Lipinski definition) is 0. The van der Waals surface area contributed by atoms with Crippen molar-refractivity contribution in [2.75, 3.05) is 0 Å². The van der Waals surface area contributed by atoms with Crippen LogP contribution in [-0.4, -0.2) is 16.9 Å². The molecule has 3 heteroatoms. The van der Waals surface area contributed by atoms with E-state index in [9.17, 15) is 4.79 Å². The maximum Gasteiger partial charge on any atom is 0.320 e. The maximum atomic E-state index is 10.8. The highest BCUT2D eigenvalue weighted by atomic mass is 79.9. The Morgan fingerprint density at radius 1 is 1.70 bits per heavy atom. The zero-order valence-electron chi connectivity index (χ0n) is 6.13. The number of esters is 1. The first-order chi connectivity index (χ1) is 4.57. The van der Waals surface area contributed by atoms with Gasteiger partial charge in [-0.15, -0.1) is 0 Å². The van der Waals surface area contributed by atoms with E-state index in [2.05, 4.69) is 22.5 Å². The molecule has 0 N–H and O–H groups in total. The second kappa shape index (κ2) is 4.50. The molecule has 2 nitrogen and oxygen atoms in total. The quantitative estimate of drug-likeness (QED) is 0.401. The number of hydrogen-bond acceptors (Lipinski definition) is 2. The molecule has 0 aliphatic carbocycles. The number of carbonyl (C=O) groups excluding carboxylic acids is 1. The summed E-state index contributed by atoms with van der Waals surface area (Å²) in [6.07, 6.45) is 1.38. The third-order valence-corrected chi connectivity index (χ3v) is 1.33. The first kappa shape index (κ1) is 9.69. The molecule has 0 saturated carbocycles. The molecule has 2 unspecified atom stereocenters. The van der Waals surface area contributed by atoms with Crippen LogP contribution < -0.4 is 0 Å². The normalized spacial score (nSPS) is 15.5. The highest BCUT2D eigenvalue weighted by Gasteiger charge is 2.11. The van der Waals surface area contributed by atoms with Gasteiger partial charge in [-0.3, -0.25) is 4.79 Å². The second-order valence-corrected chi connectivity index (χ2v) is 3.37. The van der Waals surface area contributed by atoms with Crippen LogP contribution in [0.15, 0.2) is 12.7 Å². The van der Waals surface area contributed by atoms with Gasteiger partial charge in [0.2, 0.25) is 0 Å². The minimum Gasteiger partial charge on any atom is -0.458 e. The predicted octanol–water partition coefficient (Wildman–Crippen LogP) is 1.89. The summed E-state index contributed by atoms with van der Waals surface area (Å²) in [5.74, 6) is -0.257. The minimum absolute atomic E-state index is 0.201. The van der Waals surface area contributed by atoms with Gasteiger partial charge in [-0.1, -0.05) is 28.6 Å². The first-order valence-corrected chi connectivity index (χ1v) is 3.96. The van der Waals surface area contributed by atoms with E-state index < -0.39 is 0 Å². The fraction of sp³-hybridized carbons (Fsp3) is 0.571. The van der Waals surface area contributed by atoms with Gasteiger partial charge in [0, 0.05) is 0 Å². The van der Waals surface area contributed by atoms with E-state index in [1.54, 1.807) is 19.9 Å². The Morgan fingerprint density at radius 2 is 2.20 bits per heavy atom. The molecule has 0 aromatic rings. The van der Waals surface area contributed by atoms with Crippen LogP contribution in [0.3, 0.4) is 0 Å². The topological polar surface area (TPSA) is 26.3 Å². The largest absolute Gasteiger partial charge is 0.458 e. The summed E-state index contributed by atoms with van der Waals surface area (Å²) in [5.41, 5.74) is 0. The fourth-order valence-electron chi connectivity index (χ4n) is 0.325. The van der Waals surface area contributed by atoms with Crippen molar-refractivity contribution >= 4 is 21.9 Å². The second-order valence-electron chi connectivity index (χ2n) is 1.99. The Labute approximate surface area is 69.4 Å². The van der Waals surface area contributed by atoms with E-state index in [1.165, 1.54) is 0 Å². The molecular weight excluding hydrogens is 196 g/mol. The van der Waals surface area contributed by atoms with Crippen molar-refractivity contribution in [1.29, 1.82) is 0 Å². The average Bonchev–Trinajstić information content (AvgIpc) is 1.87. The highest BCUT2D eigenvalue weighted by molar-refractivity contribution is 9.10. The molecule has 0 aromatic heterocycles. The van der Waals surface area contributed by atoms with Crippen LogP contribution in [0.1, 0.15) is 13.8 Å². The summed E-state index contributed by atoms with van der Waals surface area (Å²) < 4.78 is 4.86. The lowest BCUT2D eigenvalue weighted by atomic mass is 10.4. The van der Waals surface area contributed by atoms with Crippen molar-refractivity contribution in [1.82, 2.24) is 0 Å². The van der Waals surface area contributed by atoms with Crippen molar-refractivity contribution < 1.29 is 9.53 Å². The monoisotopic (exact) mass is 206 g/mol. The zero-order chi connectivity index (χ0) is 8.15. The van der Waals surface area contributed by atoms with E-state index >= 15 is 0 Å². The van der Waals surface area contributed by atoms with Crippen molar-refractivity contribution in [3.8, 4) is 0 Å². The fourth-order valence-corrected chi connectivity index (χ4v) is 0.433. The minimum atomic E-state index is -0.257. The van der Waals surface area contributed by atoms with Gasteiger partial charge in [0.15, 0.2) is 0 Å². The molecule has 0 bridgehead atoms. The predicted molar refractivity (Wildman–Crippen MR) is 44.1 cm³/mol. The molecule has 0 heterocycles. The first-order valence-electron chi connectivity index (χ1n) is 3.05. The van der Waals surface area contributed by atoms with E-state index in [-0.39, 0.29) is 16.9 Å². The van der Waals surface area contributed by atoms with Crippen LogP contribution in [0.2, 0.25) is 0 Å². The van der Waals surface area contributed by atoms with Gasteiger partial charge in [-0.25, -0.2) is 0 Å². The van der Waals surface area contributed by atoms with E-state index in [0.717, 1.165) is 0 Å². The zero-order valence-corrected chi connectivity index (χ0v) is 7.72. The lowest BCUT2D eigenvalue weighted by Crippen LogP contribution is -2.18. The molecule has 0 amide bonds. The summed E-state index contributed by atoms with van der Waals surface area (Å²) in [6, 6.07) is 0. The summed E-state index contributed by atoms with van der Waals surface area (Å²) in [4.78, 5) is 10.6. The Bertz CT molecular complexity index is 132. The Kier molecular flexibility index (Phi) is 4.36. The number of carbonyl (C=O) groups is 1. The van der Waals surface area contributed by atoms with Crippen LogP contribution in [0.5, 0.6) is 0 Å². The van der Waals surface area contributed by atoms with E-state index in [1.807, 2.05) is 0 Å². The average molecular weight is 207 g/mol. The standard InChI is InChI=1S/C7H11BrO2/c1-4-5(2)10-7(9)6(3)8/h4-6H,1H2,2-3H3. The van der Waals surface area contributed by atoms with Gasteiger partial charge in [-0.05, 0) is 13.8 Å². The summed E-state index contributed by atoms with van der Waals surface area (Å²) in [5, 5.41) is 0. The number of rotatable bonds is 3. The summed E-state index contributed by atoms with van der Waals surface area (Å²) in [6.45, 7) is 6.97. The lowest BCUT2D eigenvalue weighted by molar-refractivity contribution is -0.144. The SMILES string of the molecule is C=CC(C)OC(=O)C(C)Br. The van der Waals surface area contributed by atoms with Gasteiger partial charge in [-0.2, -0.15) is 0 Å². The smallest absolute Gasteiger partial charge is 0.320 e. The molecule has 58 valence electrons. The van der Waals surface area contributed by atoms with Crippen molar-refractivity contribution in [2.24, 2.45) is 0 Å². The molecule has 0 aliphatic rings. The van der Waals surface area contributed by atoms with Gasteiger partial charge in [0.1, 0.15) is 10.9 Å². The Hall–Kier alpha value is -0.310. The maximum absolute atomic E-state index is 10.8. The van der Waals surface area contributed by atoms with Gasteiger partial charge in [0.25, 0.3) is 0 Å². The molecule has 0 aromatic carbocycles. The van der Waals surface area contributed by atoms with Crippen LogP contribution in [0, 0.1) is 0 Å². The number of alkyl halides is 1. The summed E-state index contributed by atoms with van der Waals surface area (Å²) in [7, 11) is 0. The third kappa shape index (κ3) is 3.67. The van der Waals surface area contributed by atoms with Gasteiger partial charge < -0.3 is 4.74 Å². The molecular formula is C7H11BrO2. The van der Waals surface area contributed by atoms with Crippen molar-refractivity contribution in [2.45, 2.75) is 24.8 Å². The molecule has 2 atom stereocenters. The molecule has 0 spiro atoms. The van der Waals surface area contributed by atoms with Gasteiger partial charge >= 0.3 is 5.97 Å². The molecule has 0 radical (unpaired) electrons. The van der Waals surface area contributed by atoms with Crippen LogP contribution in [0.25, 0.3) is 0 Å². The molecule has 10 heavy (non-hydrogen) atoms. The van der Waals surface area contributed by atoms with Crippen LogP contribution >= 0.6 is 15.9 Å². The molecule has 0 saturated heterocycles. The van der Waals surface area contributed by atoms with Crippen molar-refractivity contribution in [3.63, 3.8) is 0 Å². The Morgan fingerprint density at radius 3 is 2.50 bits per heavy atom. The molecule has 0 aliphatic heterocycles. The van der Waals surface area contributed by atoms with E-state index in [4.69, 9.17) is 4.74 Å². The van der Waals surface area contributed by atoms with Crippen LogP contribution in [0.4, 0.5) is 0 Å². The van der Waals surface area contributed by atoms with Crippen molar-refractivity contribution in [3.05, 3.63) is 12.7 Å². The van der Waals surface area contributed by atoms with Crippen LogP contribution in [-0.2, 0) is 9.53 Å². The molecule has 0 rings (SSSR count). The van der Waals surface area contributed by atoms with Gasteiger partial charge in [0.05, 0.1) is 0 Å². The lowest BCUT2D eigenvalue weighted by Gasteiger charge is -2.09. The Balaban J connectivity index is 3.68.